The molecule has 1 aromatic carbocycles. The van der Waals surface area contributed by atoms with Crippen molar-refractivity contribution in [1.29, 1.82) is 5.26 Å². The normalized spacial score (nSPS) is 11.4. The number of rotatable bonds is 7. The minimum Gasteiger partial charge on any atom is -0.479 e. The van der Waals surface area contributed by atoms with Crippen molar-refractivity contribution in [3.8, 4) is 11.8 Å². The second-order valence-corrected chi connectivity index (χ2v) is 3.95. The molecule has 1 N–H and O–H groups in total. The molecule has 5 heteroatoms. The Morgan fingerprint density at radius 2 is 2.32 bits per heavy atom. The van der Waals surface area contributed by atoms with Crippen LogP contribution < -0.4 is 10.1 Å². The third kappa shape index (κ3) is 5.40. The molecule has 0 heterocycles. The summed E-state index contributed by atoms with van der Waals surface area (Å²) < 4.78 is 10.1. The number of esters is 1. The number of benzene rings is 1. The number of ether oxygens (including phenoxy) is 2. The van der Waals surface area contributed by atoms with Crippen LogP contribution in [-0.2, 0) is 16.1 Å². The summed E-state index contributed by atoms with van der Waals surface area (Å²) in [6, 6.07) is 8.95. The first kappa shape index (κ1) is 15.0. The summed E-state index contributed by atoms with van der Waals surface area (Å²) in [6.07, 6.45) is 0. The van der Waals surface area contributed by atoms with Crippen molar-refractivity contribution < 1.29 is 14.3 Å². The fourth-order valence-corrected chi connectivity index (χ4v) is 1.48. The van der Waals surface area contributed by atoms with Gasteiger partial charge in [0.2, 0.25) is 0 Å². The molecule has 19 heavy (non-hydrogen) atoms. The van der Waals surface area contributed by atoms with Gasteiger partial charge in [-0.3, -0.25) is 4.79 Å². The summed E-state index contributed by atoms with van der Waals surface area (Å²) in [7, 11) is 0. The Bertz CT molecular complexity index is 454. The van der Waals surface area contributed by atoms with E-state index in [1.54, 1.807) is 19.9 Å². The summed E-state index contributed by atoms with van der Waals surface area (Å²) in [6.45, 7) is 4.47. The van der Waals surface area contributed by atoms with Gasteiger partial charge in [-0.25, -0.2) is 0 Å². The molecule has 1 rings (SSSR count). The third-order valence-electron chi connectivity index (χ3n) is 2.45. The SMILES string of the molecule is CCOC(=O)C(C)NCc1cccc(OCC#N)c1. The molecule has 0 aliphatic rings. The minimum atomic E-state index is -0.358. The van der Waals surface area contributed by atoms with E-state index in [2.05, 4.69) is 5.32 Å². The highest BCUT2D eigenvalue weighted by atomic mass is 16.5. The van der Waals surface area contributed by atoms with Crippen molar-refractivity contribution in [2.45, 2.75) is 26.4 Å². The molecule has 0 aliphatic heterocycles. The van der Waals surface area contributed by atoms with E-state index in [1.807, 2.05) is 24.3 Å². The second kappa shape index (κ2) is 8.11. The first-order chi connectivity index (χ1) is 9.17. The van der Waals surface area contributed by atoms with Crippen LogP contribution in [0.25, 0.3) is 0 Å². The largest absolute Gasteiger partial charge is 0.479 e. The zero-order valence-corrected chi connectivity index (χ0v) is 11.2. The number of hydrogen-bond donors (Lipinski definition) is 1. The van der Waals surface area contributed by atoms with Crippen LogP contribution in [-0.4, -0.2) is 25.2 Å². The van der Waals surface area contributed by atoms with Crippen LogP contribution >= 0.6 is 0 Å². The smallest absolute Gasteiger partial charge is 0.322 e. The predicted molar refractivity (Wildman–Crippen MR) is 70.5 cm³/mol. The first-order valence-corrected chi connectivity index (χ1v) is 6.16. The van der Waals surface area contributed by atoms with Crippen LogP contribution in [0.15, 0.2) is 24.3 Å². The maximum atomic E-state index is 11.4. The summed E-state index contributed by atoms with van der Waals surface area (Å²) >= 11 is 0. The minimum absolute atomic E-state index is 0.0239. The average Bonchev–Trinajstić information content (AvgIpc) is 2.43. The van der Waals surface area contributed by atoms with Gasteiger partial charge in [-0.2, -0.15) is 5.26 Å². The van der Waals surface area contributed by atoms with Crippen molar-refractivity contribution in [3.63, 3.8) is 0 Å². The van der Waals surface area contributed by atoms with Crippen LogP contribution in [0.3, 0.4) is 0 Å². The molecule has 0 fully saturated rings. The van der Waals surface area contributed by atoms with Gasteiger partial charge in [0, 0.05) is 6.54 Å². The zero-order chi connectivity index (χ0) is 14.1. The number of nitriles is 1. The molecule has 1 atom stereocenters. The van der Waals surface area contributed by atoms with Gasteiger partial charge in [-0.1, -0.05) is 12.1 Å². The predicted octanol–water partition coefficient (Wildman–Crippen LogP) is 1.63. The molecule has 0 spiro atoms. The maximum absolute atomic E-state index is 11.4. The Hall–Kier alpha value is -2.06. The Balaban J connectivity index is 2.49. The second-order valence-electron chi connectivity index (χ2n) is 3.95. The van der Waals surface area contributed by atoms with Gasteiger partial charge in [0.05, 0.1) is 6.61 Å². The van der Waals surface area contributed by atoms with E-state index in [0.717, 1.165) is 5.56 Å². The molecule has 0 radical (unpaired) electrons. The molecule has 0 amide bonds. The molecule has 1 unspecified atom stereocenters. The molecule has 5 nitrogen and oxygen atoms in total. The Morgan fingerprint density at radius 1 is 1.53 bits per heavy atom. The quantitative estimate of drug-likeness (QED) is 0.756. The number of carbonyl (C=O) groups is 1. The summed E-state index contributed by atoms with van der Waals surface area (Å²) in [4.78, 5) is 11.4. The van der Waals surface area contributed by atoms with Gasteiger partial charge < -0.3 is 14.8 Å². The summed E-state index contributed by atoms with van der Waals surface area (Å²) in [5.41, 5.74) is 0.978. The summed E-state index contributed by atoms with van der Waals surface area (Å²) in [5, 5.41) is 11.5. The monoisotopic (exact) mass is 262 g/mol. The zero-order valence-electron chi connectivity index (χ0n) is 11.2. The number of nitrogens with one attached hydrogen (secondary N) is 1. The third-order valence-corrected chi connectivity index (χ3v) is 2.45. The van der Waals surface area contributed by atoms with Crippen LogP contribution in [0.4, 0.5) is 0 Å². The lowest BCUT2D eigenvalue weighted by molar-refractivity contribution is -0.145. The van der Waals surface area contributed by atoms with Gasteiger partial charge >= 0.3 is 5.97 Å². The van der Waals surface area contributed by atoms with Gasteiger partial charge in [0.25, 0.3) is 0 Å². The lowest BCUT2D eigenvalue weighted by atomic mass is 10.2. The Morgan fingerprint density at radius 3 is 3.00 bits per heavy atom. The topological polar surface area (TPSA) is 71.3 Å². The molecule has 1 aromatic rings. The van der Waals surface area contributed by atoms with Crippen molar-refractivity contribution in [2.24, 2.45) is 0 Å². The van der Waals surface area contributed by atoms with Gasteiger partial charge in [-0.05, 0) is 31.5 Å². The maximum Gasteiger partial charge on any atom is 0.322 e. The standard InChI is InChI=1S/C14H18N2O3/c1-3-18-14(17)11(2)16-10-12-5-4-6-13(9-12)19-8-7-15/h4-6,9,11,16H,3,8,10H2,1-2H3. The van der Waals surface area contributed by atoms with Crippen LogP contribution in [0, 0.1) is 11.3 Å². The molecule has 0 aromatic heterocycles. The number of hydrogen-bond acceptors (Lipinski definition) is 5. The van der Waals surface area contributed by atoms with E-state index >= 15 is 0 Å². The summed E-state index contributed by atoms with van der Waals surface area (Å²) in [5.74, 6) is 0.379. The Labute approximate surface area is 113 Å². The van der Waals surface area contributed by atoms with E-state index < -0.39 is 0 Å². The van der Waals surface area contributed by atoms with Crippen LogP contribution in [0.1, 0.15) is 19.4 Å². The van der Waals surface area contributed by atoms with Crippen molar-refractivity contribution in [3.05, 3.63) is 29.8 Å². The van der Waals surface area contributed by atoms with E-state index in [4.69, 9.17) is 14.7 Å². The molecule has 0 bridgehead atoms. The molecular formula is C14H18N2O3. The van der Waals surface area contributed by atoms with Crippen molar-refractivity contribution >= 4 is 5.97 Å². The molecule has 102 valence electrons. The number of nitrogens with zero attached hydrogens (tertiary/aromatic N) is 1. The van der Waals surface area contributed by atoms with E-state index in [-0.39, 0.29) is 18.6 Å². The lowest BCUT2D eigenvalue weighted by Gasteiger charge is -2.13. The average molecular weight is 262 g/mol. The molecule has 0 saturated carbocycles. The van der Waals surface area contributed by atoms with Crippen LogP contribution in [0.5, 0.6) is 5.75 Å². The fourth-order valence-electron chi connectivity index (χ4n) is 1.48. The molecular weight excluding hydrogens is 244 g/mol. The van der Waals surface area contributed by atoms with E-state index in [1.165, 1.54) is 0 Å². The van der Waals surface area contributed by atoms with E-state index in [0.29, 0.717) is 18.9 Å². The van der Waals surface area contributed by atoms with Crippen molar-refractivity contribution in [2.75, 3.05) is 13.2 Å². The van der Waals surface area contributed by atoms with Gasteiger partial charge in [-0.15, -0.1) is 0 Å². The van der Waals surface area contributed by atoms with Gasteiger partial charge in [0.15, 0.2) is 6.61 Å². The highest BCUT2D eigenvalue weighted by Crippen LogP contribution is 2.13. The highest BCUT2D eigenvalue weighted by molar-refractivity contribution is 5.75. The fraction of sp³-hybridized carbons (Fsp3) is 0.429. The van der Waals surface area contributed by atoms with E-state index in [9.17, 15) is 4.79 Å². The van der Waals surface area contributed by atoms with Gasteiger partial charge in [0.1, 0.15) is 17.9 Å². The van der Waals surface area contributed by atoms with Crippen LogP contribution in [0.2, 0.25) is 0 Å². The van der Waals surface area contributed by atoms with Crippen molar-refractivity contribution in [1.82, 2.24) is 5.32 Å². The lowest BCUT2D eigenvalue weighted by Crippen LogP contribution is -2.34. The number of carbonyl (C=O) groups excluding carboxylic acids is 1. The highest BCUT2D eigenvalue weighted by Gasteiger charge is 2.12. The first-order valence-electron chi connectivity index (χ1n) is 6.16. The molecule has 0 saturated heterocycles. The Kier molecular flexibility index (Phi) is 6.41. The molecule has 0 aliphatic carbocycles.